The fraction of sp³-hybridized carbons (Fsp3) is 0.400. The molecule has 2 atom stereocenters. The first kappa shape index (κ1) is 18.0. The molecule has 1 unspecified atom stereocenters. The lowest BCUT2D eigenvalue weighted by molar-refractivity contribution is -0.141. The van der Waals surface area contributed by atoms with Gasteiger partial charge in [-0.2, -0.15) is 0 Å². The van der Waals surface area contributed by atoms with Crippen LogP contribution in [0.15, 0.2) is 24.3 Å². The van der Waals surface area contributed by atoms with Crippen LogP contribution in [0.4, 0.5) is 5.69 Å². The van der Waals surface area contributed by atoms with E-state index in [1.165, 1.54) is 6.92 Å². The molecule has 1 rings (SSSR count). The van der Waals surface area contributed by atoms with Crippen molar-refractivity contribution in [1.29, 1.82) is 0 Å². The zero-order valence-electron chi connectivity index (χ0n) is 12.8. The minimum Gasteiger partial charge on any atom is -0.480 e. The van der Waals surface area contributed by atoms with E-state index in [1.54, 1.807) is 6.92 Å². The van der Waals surface area contributed by atoms with E-state index in [-0.39, 0.29) is 11.7 Å². The number of nitrogens with one attached hydrogen (secondary N) is 2. The fourth-order valence-corrected chi connectivity index (χ4v) is 2.20. The van der Waals surface area contributed by atoms with Gasteiger partial charge in [0.1, 0.15) is 6.04 Å². The van der Waals surface area contributed by atoms with Crippen LogP contribution in [0.1, 0.15) is 19.4 Å². The molecule has 0 saturated heterocycles. The van der Waals surface area contributed by atoms with Gasteiger partial charge in [0.25, 0.3) is 0 Å². The van der Waals surface area contributed by atoms with Gasteiger partial charge in [0.05, 0.1) is 11.0 Å². The highest BCUT2D eigenvalue weighted by Crippen LogP contribution is 2.13. The molecular weight excluding hydrogens is 304 g/mol. The molecule has 0 aliphatic rings. The fourth-order valence-electron chi connectivity index (χ4n) is 1.50. The highest BCUT2D eigenvalue weighted by molar-refractivity contribution is 8.01. The van der Waals surface area contributed by atoms with Crippen LogP contribution >= 0.6 is 11.8 Å². The maximum Gasteiger partial charge on any atom is 0.325 e. The van der Waals surface area contributed by atoms with Gasteiger partial charge in [0, 0.05) is 5.69 Å². The second-order valence-corrected chi connectivity index (χ2v) is 6.27. The van der Waals surface area contributed by atoms with E-state index in [2.05, 4.69) is 10.6 Å². The minimum absolute atomic E-state index is 0.115. The molecule has 1 aromatic carbocycles. The number of benzene rings is 1. The van der Waals surface area contributed by atoms with Crippen molar-refractivity contribution < 1.29 is 19.5 Å². The zero-order chi connectivity index (χ0) is 16.7. The van der Waals surface area contributed by atoms with Crippen molar-refractivity contribution >= 4 is 35.2 Å². The number of thioether (sulfide) groups is 1. The lowest BCUT2D eigenvalue weighted by atomic mass is 10.2. The molecular formula is C15H20N2O4S. The number of hydrogen-bond acceptors (Lipinski definition) is 4. The first-order chi connectivity index (χ1) is 10.3. The first-order valence-corrected chi connectivity index (χ1v) is 7.85. The summed E-state index contributed by atoms with van der Waals surface area (Å²) in [4.78, 5) is 34.2. The van der Waals surface area contributed by atoms with Gasteiger partial charge in [-0.1, -0.05) is 17.7 Å². The van der Waals surface area contributed by atoms with Crippen LogP contribution in [0.5, 0.6) is 0 Å². The number of carbonyl (C=O) groups is 3. The molecule has 0 radical (unpaired) electrons. The van der Waals surface area contributed by atoms with Crippen molar-refractivity contribution in [2.75, 3.05) is 11.1 Å². The lowest BCUT2D eigenvalue weighted by Gasteiger charge is -2.14. The Morgan fingerprint density at radius 1 is 1.18 bits per heavy atom. The molecule has 0 saturated carbocycles. The summed E-state index contributed by atoms with van der Waals surface area (Å²) in [6, 6.07) is 6.46. The molecule has 0 aliphatic carbocycles. The molecule has 0 spiro atoms. The van der Waals surface area contributed by atoms with Gasteiger partial charge in [-0.25, -0.2) is 0 Å². The summed E-state index contributed by atoms with van der Waals surface area (Å²) >= 11 is 1.15. The average Bonchev–Trinajstić information content (AvgIpc) is 2.46. The topological polar surface area (TPSA) is 95.5 Å². The molecule has 2 amide bonds. The summed E-state index contributed by atoms with van der Waals surface area (Å²) < 4.78 is 0. The number of aryl methyl sites for hydroxylation is 1. The average molecular weight is 324 g/mol. The van der Waals surface area contributed by atoms with Crippen molar-refractivity contribution in [3.05, 3.63) is 29.8 Å². The van der Waals surface area contributed by atoms with E-state index >= 15 is 0 Å². The van der Waals surface area contributed by atoms with Gasteiger partial charge in [0.15, 0.2) is 0 Å². The van der Waals surface area contributed by atoms with Crippen molar-refractivity contribution in [1.82, 2.24) is 5.32 Å². The Balaban J connectivity index is 2.38. The van der Waals surface area contributed by atoms with Gasteiger partial charge in [-0.3, -0.25) is 14.4 Å². The Labute approximate surface area is 133 Å². The molecule has 3 N–H and O–H groups in total. The Morgan fingerprint density at radius 2 is 1.77 bits per heavy atom. The van der Waals surface area contributed by atoms with E-state index in [0.29, 0.717) is 5.69 Å². The van der Waals surface area contributed by atoms with Gasteiger partial charge < -0.3 is 15.7 Å². The van der Waals surface area contributed by atoms with Crippen LogP contribution in [-0.2, 0) is 14.4 Å². The number of hydrogen-bond donors (Lipinski definition) is 3. The largest absolute Gasteiger partial charge is 0.480 e. The summed E-state index contributed by atoms with van der Waals surface area (Å²) in [7, 11) is 0. The SMILES string of the molecule is Cc1ccc(NC(=O)CSC(C)C(=O)N[C@H](C)C(=O)O)cc1. The quantitative estimate of drug-likeness (QED) is 0.709. The Hall–Kier alpha value is -2.02. The van der Waals surface area contributed by atoms with Crippen LogP contribution in [0.3, 0.4) is 0 Å². The van der Waals surface area contributed by atoms with E-state index < -0.39 is 23.2 Å². The van der Waals surface area contributed by atoms with Gasteiger partial charge in [-0.15, -0.1) is 11.8 Å². The Kier molecular flexibility index (Phi) is 6.91. The number of carbonyl (C=O) groups excluding carboxylic acids is 2. The van der Waals surface area contributed by atoms with Crippen LogP contribution in [0.2, 0.25) is 0 Å². The number of carboxylic acids is 1. The predicted octanol–water partition coefficient (Wildman–Crippen LogP) is 1.64. The summed E-state index contributed by atoms with van der Waals surface area (Å²) in [5.41, 5.74) is 1.80. The maximum atomic E-state index is 11.8. The minimum atomic E-state index is -1.09. The highest BCUT2D eigenvalue weighted by atomic mass is 32.2. The smallest absolute Gasteiger partial charge is 0.325 e. The van der Waals surface area contributed by atoms with Crippen molar-refractivity contribution in [3.63, 3.8) is 0 Å². The number of amides is 2. The first-order valence-electron chi connectivity index (χ1n) is 6.81. The molecule has 0 bridgehead atoms. The second kappa shape index (κ2) is 8.43. The van der Waals surface area contributed by atoms with E-state index in [4.69, 9.17) is 5.11 Å². The highest BCUT2D eigenvalue weighted by Gasteiger charge is 2.20. The van der Waals surface area contributed by atoms with Crippen molar-refractivity contribution in [3.8, 4) is 0 Å². The Morgan fingerprint density at radius 3 is 2.32 bits per heavy atom. The number of carboxylic acid groups (broad SMARTS) is 1. The lowest BCUT2D eigenvalue weighted by Crippen LogP contribution is -2.42. The number of rotatable bonds is 7. The predicted molar refractivity (Wildman–Crippen MR) is 87.0 cm³/mol. The third kappa shape index (κ3) is 6.17. The molecule has 120 valence electrons. The maximum absolute atomic E-state index is 11.8. The zero-order valence-corrected chi connectivity index (χ0v) is 13.6. The van der Waals surface area contributed by atoms with Gasteiger partial charge in [0.2, 0.25) is 11.8 Å². The second-order valence-electron chi connectivity index (χ2n) is 4.94. The summed E-state index contributed by atoms with van der Waals surface area (Å²) in [5, 5.41) is 13.3. The molecule has 1 aromatic rings. The van der Waals surface area contributed by atoms with Crippen molar-refractivity contribution in [2.24, 2.45) is 0 Å². The standard InChI is InChI=1S/C15H20N2O4S/c1-9-4-6-12(7-5-9)17-13(18)8-22-11(3)14(19)16-10(2)15(20)21/h4-7,10-11H,8H2,1-3H3,(H,16,19)(H,17,18)(H,20,21)/t10-,11?/m1/s1. The summed E-state index contributed by atoms with van der Waals surface area (Å²) in [5.74, 6) is -1.59. The van der Waals surface area contributed by atoms with E-state index in [0.717, 1.165) is 17.3 Å². The molecule has 0 aliphatic heterocycles. The molecule has 0 heterocycles. The van der Waals surface area contributed by atoms with E-state index in [9.17, 15) is 14.4 Å². The molecule has 6 nitrogen and oxygen atoms in total. The third-order valence-corrected chi connectivity index (χ3v) is 4.04. The normalized spacial score (nSPS) is 13.0. The molecule has 0 fully saturated rings. The number of aliphatic carboxylic acids is 1. The van der Waals surface area contributed by atoms with Crippen LogP contribution in [0, 0.1) is 6.92 Å². The monoisotopic (exact) mass is 324 g/mol. The molecule has 0 aromatic heterocycles. The Bertz CT molecular complexity index is 545. The van der Waals surface area contributed by atoms with Gasteiger partial charge in [-0.05, 0) is 32.9 Å². The third-order valence-electron chi connectivity index (χ3n) is 2.90. The summed E-state index contributed by atoms with van der Waals surface area (Å²) in [6.07, 6.45) is 0. The molecule has 7 heteroatoms. The van der Waals surface area contributed by atoms with E-state index in [1.807, 2.05) is 31.2 Å². The van der Waals surface area contributed by atoms with Crippen molar-refractivity contribution in [2.45, 2.75) is 32.1 Å². The van der Waals surface area contributed by atoms with Crippen LogP contribution in [-0.4, -0.2) is 39.9 Å². The number of anilines is 1. The molecule has 22 heavy (non-hydrogen) atoms. The van der Waals surface area contributed by atoms with Gasteiger partial charge >= 0.3 is 5.97 Å². The van der Waals surface area contributed by atoms with Crippen LogP contribution in [0.25, 0.3) is 0 Å². The summed E-state index contributed by atoms with van der Waals surface area (Å²) in [6.45, 7) is 4.98. The van der Waals surface area contributed by atoms with Crippen LogP contribution < -0.4 is 10.6 Å².